The maximum absolute atomic E-state index is 13.6. The monoisotopic (exact) mass is 1450 g/mol. The minimum Gasteiger partial charge on any atom is -0.447 e. The van der Waals surface area contributed by atoms with Gasteiger partial charge in [0.25, 0.3) is 0 Å². The van der Waals surface area contributed by atoms with Crippen molar-refractivity contribution in [3.05, 3.63) is 0 Å². The quantitative estimate of drug-likeness (QED) is 0.0253. The van der Waals surface area contributed by atoms with Gasteiger partial charge in [0, 0.05) is 70.5 Å². The van der Waals surface area contributed by atoms with E-state index in [0.29, 0.717) is 31.3 Å². The minimum atomic E-state index is -1.82. The maximum Gasteiger partial charge on any atom is 0.410 e. The van der Waals surface area contributed by atoms with Gasteiger partial charge in [-0.05, 0) is 6.92 Å². The van der Waals surface area contributed by atoms with Crippen molar-refractivity contribution < 1.29 is 162 Å². The van der Waals surface area contributed by atoms with Crippen LogP contribution in [0.3, 0.4) is 0 Å². The summed E-state index contributed by atoms with van der Waals surface area (Å²) < 4.78 is 76.8. The van der Waals surface area contributed by atoms with Crippen LogP contribution in [-0.2, 0) is 85.5 Å². The Morgan fingerprint density at radius 3 is 1.06 bits per heavy atom. The van der Waals surface area contributed by atoms with Crippen LogP contribution < -0.4 is 0 Å². The number of carbonyl (C=O) groups excluding carboxylic acids is 5. The lowest BCUT2D eigenvalue weighted by atomic mass is 9.97. The lowest BCUT2D eigenvalue weighted by Gasteiger charge is -2.45. The molecule has 0 spiro atoms. The highest BCUT2D eigenvalue weighted by atomic mass is 32.2. The van der Waals surface area contributed by atoms with Crippen molar-refractivity contribution in [1.29, 1.82) is 0 Å². The predicted molar refractivity (Wildman–Crippen MR) is 328 cm³/mol. The average Bonchev–Trinajstić information content (AvgIpc) is 0.813. The molecule has 38 nitrogen and oxygen atoms in total. The van der Waals surface area contributed by atoms with Gasteiger partial charge in [-0.25, -0.2) is 4.79 Å². The van der Waals surface area contributed by atoms with Crippen molar-refractivity contribution in [2.45, 2.75) is 130 Å². The second-order valence-electron chi connectivity index (χ2n) is 23.0. The molecule has 0 bridgehead atoms. The summed E-state index contributed by atoms with van der Waals surface area (Å²) in [7, 11) is 0. The van der Waals surface area contributed by atoms with Crippen molar-refractivity contribution in [3.8, 4) is 0 Å². The molecule has 6 aliphatic rings. The molecule has 0 aromatic rings. The lowest BCUT2D eigenvalue weighted by Crippen LogP contribution is -2.64. The van der Waals surface area contributed by atoms with Crippen molar-refractivity contribution in [1.82, 2.24) is 24.5 Å². The van der Waals surface area contributed by atoms with Crippen molar-refractivity contribution in [3.63, 3.8) is 0 Å². The van der Waals surface area contributed by atoms with Crippen LogP contribution in [0, 0.1) is 0 Å². The topological polar surface area (TPSA) is 514 Å². The Bertz CT molecular complexity index is 2150. The number of piperazine rings is 2. The van der Waals surface area contributed by atoms with E-state index in [2.05, 4.69) is 0 Å². The largest absolute Gasteiger partial charge is 0.447 e. The fraction of sp³-hybridized carbons (Fsp3) is 0.912. The van der Waals surface area contributed by atoms with Crippen LogP contribution in [0.25, 0.3) is 0 Å². The summed E-state index contributed by atoms with van der Waals surface area (Å²) >= 11 is 2.72. The number of hydrogen-bond acceptors (Lipinski definition) is 35. The van der Waals surface area contributed by atoms with E-state index in [4.69, 9.17) is 66.3 Å². The van der Waals surface area contributed by atoms with E-state index in [1.807, 2.05) is 0 Å². The Hall–Kier alpha value is -3.23. The third-order valence-corrected chi connectivity index (χ3v) is 18.2. The van der Waals surface area contributed by atoms with Gasteiger partial charge in [-0.2, -0.15) is 0 Å². The summed E-state index contributed by atoms with van der Waals surface area (Å²) in [5.74, 6) is 0.131. The number of rotatable bonds is 40. The molecule has 40 heteroatoms. The van der Waals surface area contributed by atoms with E-state index < -0.39 is 180 Å². The number of amides is 5. The van der Waals surface area contributed by atoms with Crippen LogP contribution in [0.2, 0.25) is 0 Å². The SMILES string of the molecule is CCOCCOC(=O)N(CC(=O)N1CCN(C(=O)CSCCOCCOCCOC2OC(CO)C(O)C(OC3OC(CO)C(O)C(O)C3O)C2O)CC1)CC(=O)N1CCN(C(=O)CSCCOCCOCCOC2OC(CO)C(O)C(OC3OC(CO)C(O)C(O)C3O)C2O)CC1. The molecular weight excluding hydrogens is 1350 g/mol. The molecule has 20 unspecified atom stereocenters. The fourth-order valence-corrected chi connectivity index (χ4v) is 12.2. The van der Waals surface area contributed by atoms with Gasteiger partial charge in [0.1, 0.15) is 117 Å². The molecule has 562 valence electrons. The summed E-state index contributed by atoms with van der Waals surface area (Å²) in [4.78, 5) is 74.0. The zero-order chi connectivity index (χ0) is 70.6. The fourth-order valence-electron chi connectivity index (χ4n) is 10.7. The Morgan fingerprint density at radius 1 is 0.381 bits per heavy atom. The first-order chi connectivity index (χ1) is 46.7. The zero-order valence-electron chi connectivity index (χ0n) is 54.0. The highest BCUT2D eigenvalue weighted by molar-refractivity contribution is 8.00. The molecule has 6 saturated heterocycles. The van der Waals surface area contributed by atoms with Crippen LogP contribution in [0.5, 0.6) is 0 Å². The van der Waals surface area contributed by atoms with E-state index >= 15 is 0 Å². The van der Waals surface area contributed by atoms with Gasteiger partial charge in [-0.3, -0.25) is 24.1 Å². The van der Waals surface area contributed by atoms with E-state index in [9.17, 15) is 95.5 Å². The zero-order valence-corrected chi connectivity index (χ0v) is 55.7. The molecule has 0 saturated carbocycles. The van der Waals surface area contributed by atoms with Crippen molar-refractivity contribution in [2.24, 2.45) is 0 Å². The molecule has 6 heterocycles. The molecule has 5 amide bonds. The summed E-state index contributed by atoms with van der Waals surface area (Å²) in [5.41, 5.74) is 0. The number of hydrogen-bond donors (Lipinski definition) is 14. The highest BCUT2D eigenvalue weighted by Crippen LogP contribution is 2.32. The third-order valence-electron chi connectivity index (χ3n) is 16.4. The average molecular weight is 1450 g/mol. The number of nitrogens with zero attached hydrogens (tertiary/aromatic N) is 5. The van der Waals surface area contributed by atoms with Gasteiger partial charge in [0.15, 0.2) is 25.2 Å². The molecule has 6 aliphatic heterocycles. The summed E-state index contributed by atoms with van der Waals surface area (Å²) in [6.45, 7) is 1.24. The van der Waals surface area contributed by atoms with Gasteiger partial charge in [-0.15, -0.1) is 23.5 Å². The van der Waals surface area contributed by atoms with Gasteiger partial charge >= 0.3 is 6.09 Å². The number of aliphatic hydroxyl groups is 14. The molecule has 14 N–H and O–H groups in total. The van der Waals surface area contributed by atoms with Crippen LogP contribution >= 0.6 is 23.5 Å². The van der Waals surface area contributed by atoms with Crippen LogP contribution in [0.1, 0.15) is 6.92 Å². The molecule has 20 atom stereocenters. The predicted octanol–water partition coefficient (Wildman–Crippen LogP) is -10.4. The number of carbonyl (C=O) groups is 5. The molecule has 0 radical (unpaired) electrons. The Labute approximate surface area is 568 Å². The molecule has 0 aromatic carbocycles. The van der Waals surface area contributed by atoms with Gasteiger partial charge in [0.2, 0.25) is 23.6 Å². The van der Waals surface area contributed by atoms with Gasteiger partial charge in [0.05, 0.1) is 111 Å². The van der Waals surface area contributed by atoms with Crippen LogP contribution in [-0.4, -0.2) is 449 Å². The first kappa shape index (κ1) is 82.7. The Kier molecular flexibility index (Phi) is 37.2. The Balaban J connectivity index is 0.786. The van der Waals surface area contributed by atoms with Gasteiger partial charge in [-0.1, -0.05) is 0 Å². The van der Waals surface area contributed by atoms with E-state index in [-0.39, 0.29) is 142 Å². The van der Waals surface area contributed by atoms with E-state index in [1.165, 1.54) is 33.3 Å². The first-order valence-electron chi connectivity index (χ1n) is 32.1. The lowest BCUT2D eigenvalue weighted by molar-refractivity contribution is -0.360. The molecule has 6 fully saturated rings. The molecule has 97 heavy (non-hydrogen) atoms. The van der Waals surface area contributed by atoms with E-state index in [1.54, 1.807) is 16.7 Å². The number of ether oxygens (including phenoxy) is 14. The molecule has 6 rings (SSSR count). The number of thioether (sulfide) groups is 2. The molecule has 0 aliphatic carbocycles. The van der Waals surface area contributed by atoms with Crippen LogP contribution in [0.15, 0.2) is 0 Å². The van der Waals surface area contributed by atoms with Crippen molar-refractivity contribution in [2.75, 3.05) is 201 Å². The second kappa shape index (κ2) is 43.7. The first-order valence-corrected chi connectivity index (χ1v) is 34.5. The standard InChI is InChI=1S/C57H99N5O33S2/c1-2-82-15-20-89-57(81)62(25-37(67)58-3-7-60(8-4-58)39(69)31-96-23-21-85-13-11-83-16-18-87-53-49(79)51(43(73)35(29-65)90-53)94-55-47(77)45(75)41(71)33(27-63)92-55)26-38(68)59-5-9-61(10-6-59)40(70)32-97-24-22-86-14-12-84-17-19-88-54-50(80)52(44(74)36(30-66)91-54)95-56-48(78)46(76)42(72)34(28-64)93-56/h33-36,41-56,63-66,71-80H,2-32H2,1H3. The van der Waals surface area contributed by atoms with Crippen LogP contribution in [0.4, 0.5) is 4.79 Å². The molecular formula is C57H99N5O33S2. The van der Waals surface area contributed by atoms with E-state index in [0.717, 1.165) is 4.90 Å². The van der Waals surface area contributed by atoms with Crippen molar-refractivity contribution >= 4 is 53.2 Å². The summed E-state index contributed by atoms with van der Waals surface area (Å²) in [5, 5.41) is 143. The molecule has 0 aromatic heterocycles. The normalized spacial score (nSPS) is 32.7. The second-order valence-corrected chi connectivity index (χ2v) is 25.2. The Morgan fingerprint density at radius 2 is 0.701 bits per heavy atom. The maximum atomic E-state index is 13.6. The minimum absolute atomic E-state index is 0.0186. The van der Waals surface area contributed by atoms with Gasteiger partial charge < -0.3 is 157 Å². The number of aliphatic hydroxyl groups excluding tert-OH is 14. The highest BCUT2D eigenvalue weighted by Gasteiger charge is 2.53. The smallest absolute Gasteiger partial charge is 0.410 e. The summed E-state index contributed by atoms with van der Waals surface area (Å²) in [6, 6.07) is 0. The third kappa shape index (κ3) is 25.0. The summed E-state index contributed by atoms with van der Waals surface area (Å²) in [6.07, 6.45) is -32.6.